The summed E-state index contributed by atoms with van der Waals surface area (Å²) in [6.45, 7) is 1.31. The number of nitrogens with zero attached hydrogens (tertiary/aromatic N) is 1. The fraction of sp³-hybridized carbons (Fsp3) is 0.533. The summed E-state index contributed by atoms with van der Waals surface area (Å²) < 4.78 is 0. The van der Waals surface area contributed by atoms with Crippen molar-refractivity contribution in [2.45, 2.75) is 50.4 Å². The molecule has 1 aromatic heterocycles. The molecular weight excluding hydrogens is 344 g/mol. The maximum absolute atomic E-state index is 12.5. The number of rotatable bonds is 8. The minimum atomic E-state index is -1.30. The van der Waals surface area contributed by atoms with Gasteiger partial charge in [0.2, 0.25) is 23.6 Å². The molecule has 1 aliphatic heterocycles. The summed E-state index contributed by atoms with van der Waals surface area (Å²) in [6.07, 6.45) is 2.36. The van der Waals surface area contributed by atoms with Crippen LogP contribution in [0, 0.1) is 0 Å². The highest BCUT2D eigenvalue weighted by atomic mass is 16.3. The number of nitrogens with one attached hydrogen (secondary N) is 4. The van der Waals surface area contributed by atoms with Gasteiger partial charge in [0.05, 0.1) is 12.4 Å². The zero-order valence-electron chi connectivity index (χ0n) is 14.2. The number of imidazole rings is 1. The fourth-order valence-corrected chi connectivity index (χ4v) is 2.59. The number of H-pyrrole nitrogens is 1. The normalized spacial score (nSPS) is 19.9. The van der Waals surface area contributed by atoms with Crippen LogP contribution in [0.2, 0.25) is 0 Å². The molecule has 1 aliphatic rings. The monoisotopic (exact) mass is 366 g/mol. The predicted molar refractivity (Wildman–Crippen MR) is 88.2 cm³/mol. The summed E-state index contributed by atoms with van der Waals surface area (Å²) in [7, 11) is 0. The van der Waals surface area contributed by atoms with E-state index in [1.807, 2.05) is 0 Å². The molecule has 1 unspecified atom stereocenters. The van der Waals surface area contributed by atoms with Crippen LogP contribution in [0.25, 0.3) is 0 Å². The molecule has 7 N–H and O–H groups in total. The number of aliphatic hydroxyl groups excluding tert-OH is 1. The SMILES string of the molecule is CC(O)[C@H](NC(=O)[C@H](Cc1cnc[nH]1)NC(=O)[C@@H]1CCC(=O)N1)C(N)=O. The molecule has 0 aliphatic carbocycles. The Bertz CT molecular complexity index is 674. The smallest absolute Gasteiger partial charge is 0.243 e. The Balaban J connectivity index is 2.09. The molecule has 1 saturated heterocycles. The summed E-state index contributed by atoms with van der Waals surface area (Å²) in [6, 6.07) is -3.07. The van der Waals surface area contributed by atoms with Crippen molar-refractivity contribution < 1.29 is 24.3 Å². The van der Waals surface area contributed by atoms with Crippen molar-refractivity contribution in [3.63, 3.8) is 0 Å². The van der Waals surface area contributed by atoms with Gasteiger partial charge in [0.1, 0.15) is 18.1 Å². The number of amides is 4. The van der Waals surface area contributed by atoms with Crippen LogP contribution in [0.3, 0.4) is 0 Å². The molecule has 4 atom stereocenters. The molecule has 1 aromatic rings. The summed E-state index contributed by atoms with van der Waals surface area (Å²) >= 11 is 0. The maximum atomic E-state index is 12.5. The Morgan fingerprint density at radius 2 is 2.15 bits per heavy atom. The number of carbonyl (C=O) groups excluding carboxylic acids is 4. The Kier molecular flexibility index (Phi) is 6.28. The highest BCUT2D eigenvalue weighted by Gasteiger charge is 2.32. The molecule has 1 fully saturated rings. The van der Waals surface area contributed by atoms with E-state index in [1.54, 1.807) is 0 Å². The molecule has 0 saturated carbocycles. The summed E-state index contributed by atoms with van der Waals surface area (Å²) in [5.74, 6) is -2.34. The third kappa shape index (κ3) is 5.02. The van der Waals surface area contributed by atoms with Crippen molar-refractivity contribution in [2.24, 2.45) is 5.73 Å². The lowest BCUT2D eigenvalue weighted by Gasteiger charge is -2.24. The lowest BCUT2D eigenvalue weighted by Crippen LogP contribution is -2.58. The third-order valence-electron chi connectivity index (χ3n) is 4.01. The number of aliphatic hydroxyl groups is 1. The molecule has 0 aromatic carbocycles. The quantitative estimate of drug-likeness (QED) is 0.286. The molecule has 0 bridgehead atoms. The number of aromatic amines is 1. The van der Waals surface area contributed by atoms with E-state index in [4.69, 9.17) is 5.73 Å². The van der Waals surface area contributed by atoms with Gasteiger partial charge in [-0.25, -0.2) is 4.98 Å². The van der Waals surface area contributed by atoms with Crippen LogP contribution in [0.4, 0.5) is 0 Å². The molecule has 4 amide bonds. The summed E-state index contributed by atoms with van der Waals surface area (Å²) in [5.41, 5.74) is 5.75. The third-order valence-corrected chi connectivity index (χ3v) is 4.01. The van der Waals surface area contributed by atoms with Crippen LogP contribution in [0.1, 0.15) is 25.5 Å². The predicted octanol–water partition coefficient (Wildman–Crippen LogP) is -2.93. The van der Waals surface area contributed by atoms with Gasteiger partial charge in [0.25, 0.3) is 0 Å². The molecule has 0 radical (unpaired) electrons. The van der Waals surface area contributed by atoms with Crippen molar-refractivity contribution >= 4 is 23.6 Å². The molecule has 11 heteroatoms. The summed E-state index contributed by atoms with van der Waals surface area (Å²) in [5, 5.41) is 17.0. The number of aromatic nitrogens is 2. The molecule has 26 heavy (non-hydrogen) atoms. The minimum Gasteiger partial charge on any atom is -0.391 e. The van der Waals surface area contributed by atoms with Gasteiger partial charge in [0.15, 0.2) is 0 Å². The molecule has 11 nitrogen and oxygen atoms in total. The van der Waals surface area contributed by atoms with Gasteiger partial charge in [-0.15, -0.1) is 0 Å². The van der Waals surface area contributed by atoms with Crippen LogP contribution < -0.4 is 21.7 Å². The molecule has 0 spiro atoms. The van der Waals surface area contributed by atoms with Gasteiger partial charge in [-0.05, 0) is 13.3 Å². The average Bonchev–Trinajstić information content (AvgIpc) is 3.22. The zero-order valence-corrected chi connectivity index (χ0v) is 14.2. The second kappa shape index (κ2) is 8.43. The van der Waals surface area contributed by atoms with Crippen LogP contribution >= 0.6 is 0 Å². The van der Waals surface area contributed by atoms with E-state index in [0.29, 0.717) is 12.1 Å². The largest absolute Gasteiger partial charge is 0.391 e. The van der Waals surface area contributed by atoms with E-state index in [9.17, 15) is 24.3 Å². The first-order chi connectivity index (χ1) is 12.3. The molecule has 2 rings (SSSR count). The van der Waals surface area contributed by atoms with Crippen LogP contribution in [0.5, 0.6) is 0 Å². The number of carbonyl (C=O) groups is 4. The van der Waals surface area contributed by atoms with E-state index >= 15 is 0 Å². The van der Waals surface area contributed by atoms with Gasteiger partial charge in [-0.3, -0.25) is 19.2 Å². The second-order valence-corrected chi connectivity index (χ2v) is 6.13. The lowest BCUT2D eigenvalue weighted by atomic mass is 10.1. The molecule has 142 valence electrons. The number of nitrogens with two attached hydrogens (primary N) is 1. The molecular formula is C15H22N6O5. The zero-order chi connectivity index (χ0) is 19.3. The Morgan fingerprint density at radius 3 is 2.65 bits per heavy atom. The second-order valence-electron chi connectivity index (χ2n) is 6.13. The number of hydrogen-bond acceptors (Lipinski definition) is 6. The van der Waals surface area contributed by atoms with Crippen LogP contribution in [0.15, 0.2) is 12.5 Å². The van der Waals surface area contributed by atoms with Crippen molar-refractivity contribution in [1.29, 1.82) is 0 Å². The first kappa shape index (κ1) is 19.4. The first-order valence-electron chi connectivity index (χ1n) is 8.12. The van der Waals surface area contributed by atoms with E-state index < -0.39 is 42.0 Å². The maximum Gasteiger partial charge on any atom is 0.243 e. The fourth-order valence-electron chi connectivity index (χ4n) is 2.59. The van der Waals surface area contributed by atoms with Gasteiger partial charge < -0.3 is 31.8 Å². The van der Waals surface area contributed by atoms with E-state index in [-0.39, 0.29) is 18.7 Å². The topological polar surface area (TPSA) is 179 Å². The van der Waals surface area contributed by atoms with Gasteiger partial charge in [0, 0.05) is 24.7 Å². The van der Waals surface area contributed by atoms with Crippen molar-refractivity contribution in [3.05, 3.63) is 18.2 Å². The Hall–Kier alpha value is -2.95. The van der Waals surface area contributed by atoms with Crippen molar-refractivity contribution in [3.8, 4) is 0 Å². The number of hydrogen-bond donors (Lipinski definition) is 6. The highest BCUT2D eigenvalue weighted by Crippen LogP contribution is 2.08. The van der Waals surface area contributed by atoms with E-state index in [2.05, 4.69) is 25.9 Å². The van der Waals surface area contributed by atoms with Gasteiger partial charge >= 0.3 is 0 Å². The van der Waals surface area contributed by atoms with E-state index in [1.165, 1.54) is 19.4 Å². The van der Waals surface area contributed by atoms with Crippen molar-refractivity contribution in [2.75, 3.05) is 0 Å². The van der Waals surface area contributed by atoms with Crippen molar-refractivity contribution in [1.82, 2.24) is 25.9 Å². The highest BCUT2D eigenvalue weighted by molar-refractivity contribution is 5.95. The Morgan fingerprint density at radius 1 is 1.42 bits per heavy atom. The van der Waals surface area contributed by atoms with Gasteiger partial charge in [-0.2, -0.15) is 0 Å². The summed E-state index contributed by atoms with van der Waals surface area (Å²) in [4.78, 5) is 54.2. The Labute approximate surface area is 149 Å². The average molecular weight is 366 g/mol. The van der Waals surface area contributed by atoms with Crippen LogP contribution in [-0.4, -0.2) is 62.9 Å². The van der Waals surface area contributed by atoms with E-state index in [0.717, 1.165) is 0 Å². The first-order valence-corrected chi connectivity index (χ1v) is 8.12. The molecule has 2 heterocycles. The van der Waals surface area contributed by atoms with Gasteiger partial charge in [-0.1, -0.05) is 0 Å². The van der Waals surface area contributed by atoms with Crippen LogP contribution in [-0.2, 0) is 25.6 Å². The lowest BCUT2D eigenvalue weighted by molar-refractivity contribution is -0.133. The number of primary amides is 1. The standard InChI is InChI=1S/C15H22N6O5/c1-7(22)12(13(16)24)21-15(26)10(4-8-5-17-6-18-8)20-14(25)9-2-3-11(23)19-9/h5-7,9-10,12,22H,2-4H2,1H3,(H2,16,24)(H,17,18)(H,19,23)(H,20,25)(H,21,26)/t7?,9-,10-,12-/m0/s1. The minimum absolute atomic E-state index is 0.0729.